The topological polar surface area (TPSA) is 52.3 Å². The average molecular weight is 321 g/mol. The Balaban J connectivity index is 2.38. The second-order valence-corrected chi connectivity index (χ2v) is 4.33. The fourth-order valence-electron chi connectivity index (χ4n) is 1.20. The van der Waals surface area contributed by atoms with E-state index in [4.69, 9.17) is 14.6 Å². The maximum Gasteiger partial charge on any atom is 0.174 e. The predicted molar refractivity (Wildman–Crippen MR) is 58.8 cm³/mol. The lowest BCUT2D eigenvalue weighted by atomic mass is 10.1. The molecule has 2 N–H and O–H groups in total. The number of rotatable bonds is 2. The Bertz CT molecular complexity index is 395. The normalized spacial score (nSPS) is 13.1. The first kappa shape index (κ1) is 10.0. The van der Waals surface area contributed by atoms with Gasteiger partial charge in [-0.1, -0.05) is 0 Å². The Morgan fingerprint density at radius 3 is 2.36 bits per heavy atom. The third-order valence-electron chi connectivity index (χ3n) is 1.91. The Morgan fingerprint density at radius 2 is 1.86 bits per heavy atom. The van der Waals surface area contributed by atoms with E-state index in [9.17, 15) is 0 Å². The van der Waals surface area contributed by atoms with Crippen molar-refractivity contribution < 1.29 is 8.83 Å². The molecule has 14 heavy (non-hydrogen) atoms. The molecule has 3 nitrogen and oxygen atoms in total. The van der Waals surface area contributed by atoms with E-state index in [1.807, 2.05) is 12.1 Å². The van der Waals surface area contributed by atoms with E-state index in [0.29, 0.717) is 10.4 Å². The Hall–Kier alpha value is -0.520. The summed E-state index contributed by atoms with van der Waals surface area (Å²) in [5, 5.41) is 0. The van der Waals surface area contributed by atoms with E-state index < -0.39 is 0 Å². The summed E-state index contributed by atoms with van der Waals surface area (Å²) in [6.45, 7) is 0. The van der Waals surface area contributed by atoms with Crippen molar-refractivity contribution in [3.8, 4) is 0 Å². The molecule has 2 aromatic heterocycles. The van der Waals surface area contributed by atoms with Gasteiger partial charge in [-0.25, -0.2) is 0 Å². The van der Waals surface area contributed by atoms with Gasteiger partial charge in [0.25, 0.3) is 0 Å². The van der Waals surface area contributed by atoms with Gasteiger partial charge in [0.1, 0.15) is 5.76 Å². The van der Waals surface area contributed by atoms with Crippen molar-refractivity contribution in [2.45, 2.75) is 6.04 Å². The van der Waals surface area contributed by atoms with Gasteiger partial charge in [0, 0.05) is 5.56 Å². The molecule has 5 heteroatoms. The van der Waals surface area contributed by atoms with Crippen LogP contribution in [0.2, 0.25) is 0 Å². The van der Waals surface area contributed by atoms with Gasteiger partial charge in [-0.2, -0.15) is 0 Å². The minimum absolute atomic E-state index is 0.326. The number of halogens is 2. The van der Waals surface area contributed by atoms with Crippen molar-refractivity contribution in [1.82, 2.24) is 0 Å². The molecule has 0 aromatic carbocycles. The molecular weight excluding hydrogens is 314 g/mol. The van der Waals surface area contributed by atoms with Gasteiger partial charge in [-0.15, -0.1) is 0 Å². The van der Waals surface area contributed by atoms with E-state index in [0.717, 1.165) is 10.0 Å². The summed E-state index contributed by atoms with van der Waals surface area (Å²) >= 11 is 6.63. The predicted octanol–water partition coefficient (Wildman–Crippen LogP) is 3.45. The lowest BCUT2D eigenvalue weighted by molar-refractivity contribution is 0.480. The Kier molecular flexibility index (Phi) is 2.80. The SMILES string of the molecule is NC(c1ccoc1Br)c1occc1Br. The molecule has 0 fully saturated rings. The van der Waals surface area contributed by atoms with Gasteiger partial charge in [0.2, 0.25) is 0 Å². The third-order valence-corrected chi connectivity index (χ3v) is 3.21. The lowest BCUT2D eigenvalue weighted by Crippen LogP contribution is -2.10. The van der Waals surface area contributed by atoms with E-state index >= 15 is 0 Å². The fourth-order valence-corrected chi connectivity index (χ4v) is 2.13. The van der Waals surface area contributed by atoms with E-state index in [2.05, 4.69) is 31.9 Å². The van der Waals surface area contributed by atoms with Gasteiger partial charge >= 0.3 is 0 Å². The molecule has 0 amide bonds. The van der Waals surface area contributed by atoms with Crippen molar-refractivity contribution in [2.24, 2.45) is 5.73 Å². The van der Waals surface area contributed by atoms with Crippen LogP contribution in [0.4, 0.5) is 0 Å². The molecule has 0 spiro atoms. The molecule has 1 unspecified atom stereocenters. The van der Waals surface area contributed by atoms with Crippen molar-refractivity contribution in [1.29, 1.82) is 0 Å². The van der Waals surface area contributed by atoms with Gasteiger partial charge in [0.05, 0.1) is 23.0 Å². The van der Waals surface area contributed by atoms with Crippen LogP contribution >= 0.6 is 31.9 Å². The number of nitrogens with two attached hydrogens (primary N) is 1. The molecule has 0 aliphatic heterocycles. The third kappa shape index (κ3) is 1.67. The van der Waals surface area contributed by atoms with Crippen molar-refractivity contribution in [3.63, 3.8) is 0 Å². The zero-order valence-electron chi connectivity index (χ0n) is 7.04. The lowest BCUT2D eigenvalue weighted by Gasteiger charge is -2.07. The van der Waals surface area contributed by atoms with Crippen LogP contribution in [0, 0.1) is 0 Å². The van der Waals surface area contributed by atoms with Gasteiger partial charge in [-0.3, -0.25) is 0 Å². The largest absolute Gasteiger partial charge is 0.466 e. The quantitative estimate of drug-likeness (QED) is 0.922. The molecule has 74 valence electrons. The summed E-state index contributed by atoms with van der Waals surface area (Å²) in [5.41, 5.74) is 6.85. The van der Waals surface area contributed by atoms with Crippen LogP contribution in [0.3, 0.4) is 0 Å². The number of hydrogen-bond acceptors (Lipinski definition) is 3. The highest BCUT2D eigenvalue weighted by Gasteiger charge is 2.19. The average Bonchev–Trinajstić information content (AvgIpc) is 2.73. The number of hydrogen-bond donors (Lipinski definition) is 1. The van der Waals surface area contributed by atoms with Crippen LogP contribution in [0.5, 0.6) is 0 Å². The monoisotopic (exact) mass is 319 g/mol. The summed E-state index contributed by atoms with van der Waals surface area (Å²) in [5.74, 6) is 0.687. The molecule has 0 saturated heterocycles. The molecule has 0 aliphatic rings. The Morgan fingerprint density at radius 1 is 1.14 bits per heavy atom. The van der Waals surface area contributed by atoms with E-state index in [1.165, 1.54) is 0 Å². The Labute approximate surface area is 97.5 Å². The van der Waals surface area contributed by atoms with Crippen LogP contribution in [-0.2, 0) is 0 Å². The molecular formula is C9H7Br2NO2. The summed E-state index contributed by atoms with van der Waals surface area (Å²) in [7, 11) is 0. The first-order valence-corrected chi connectivity index (χ1v) is 5.50. The van der Waals surface area contributed by atoms with Gasteiger partial charge in [0.15, 0.2) is 4.67 Å². The van der Waals surface area contributed by atoms with Crippen LogP contribution in [0.15, 0.2) is 42.6 Å². The summed E-state index contributed by atoms with van der Waals surface area (Å²) in [4.78, 5) is 0. The van der Waals surface area contributed by atoms with Gasteiger partial charge < -0.3 is 14.6 Å². The van der Waals surface area contributed by atoms with E-state index in [1.54, 1.807) is 12.5 Å². The van der Waals surface area contributed by atoms with Crippen molar-refractivity contribution >= 4 is 31.9 Å². The van der Waals surface area contributed by atoms with Crippen LogP contribution in [-0.4, -0.2) is 0 Å². The molecule has 0 aliphatic carbocycles. The standard InChI is InChI=1S/C9H7Br2NO2/c10-6-2-4-13-8(6)7(12)5-1-3-14-9(5)11/h1-4,7H,12H2. The maximum absolute atomic E-state index is 5.99. The first-order valence-electron chi connectivity index (χ1n) is 3.91. The highest BCUT2D eigenvalue weighted by atomic mass is 79.9. The summed E-state index contributed by atoms with van der Waals surface area (Å²) < 4.78 is 11.9. The molecule has 2 rings (SSSR count). The second-order valence-electron chi connectivity index (χ2n) is 2.76. The molecule has 0 saturated carbocycles. The maximum atomic E-state index is 5.99. The summed E-state index contributed by atoms with van der Waals surface area (Å²) in [6.07, 6.45) is 3.17. The smallest absolute Gasteiger partial charge is 0.174 e. The van der Waals surface area contributed by atoms with Crippen molar-refractivity contribution in [2.75, 3.05) is 0 Å². The van der Waals surface area contributed by atoms with Crippen LogP contribution in [0.1, 0.15) is 17.4 Å². The van der Waals surface area contributed by atoms with Crippen LogP contribution < -0.4 is 5.73 Å². The second kappa shape index (κ2) is 3.92. The summed E-state index contributed by atoms with van der Waals surface area (Å²) in [6, 6.07) is 3.29. The molecule has 2 heterocycles. The zero-order valence-corrected chi connectivity index (χ0v) is 10.2. The minimum Gasteiger partial charge on any atom is -0.466 e. The van der Waals surface area contributed by atoms with Crippen molar-refractivity contribution in [3.05, 3.63) is 45.1 Å². The molecule has 0 bridgehead atoms. The van der Waals surface area contributed by atoms with Crippen LogP contribution in [0.25, 0.3) is 0 Å². The zero-order chi connectivity index (χ0) is 10.1. The molecule has 0 radical (unpaired) electrons. The minimum atomic E-state index is -0.326. The highest BCUT2D eigenvalue weighted by Crippen LogP contribution is 2.31. The fraction of sp³-hybridized carbons (Fsp3) is 0.111. The first-order chi connectivity index (χ1) is 6.70. The number of furan rings is 2. The molecule has 2 aromatic rings. The molecule has 1 atom stereocenters. The highest BCUT2D eigenvalue weighted by molar-refractivity contribution is 9.10. The van der Waals surface area contributed by atoms with E-state index in [-0.39, 0.29) is 6.04 Å². The van der Waals surface area contributed by atoms with Gasteiger partial charge in [-0.05, 0) is 44.0 Å².